The molecule has 0 saturated heterocycles. The first-order valence-electron chi connectivity index (χ1n) is 3.60. The molecule has 1 N–H and O–H groups in total. The quantitative estimate of drug-likeness (QED) is 0.683. The van der Waals surface area contributed by atoms with Gasteiger partial charge in [0.1, 0.15) is 11.5 Å². The Morgan fingerprint density at radius 3 is 2.58 bits per heavy atom. The van der Waals surface area contributed by atoms with Gasteiger partial charge in [-0.15, -0.1) is 0 Å². The van der Waals surface area contributed by atoms with Crippen LogP contribution in [0.2, 0.25) is 0 Å². The maximum atomic E-state index is 9.80. The highest BCUT2D eigenvalue weighted by Crippen LogP contribution is 2.15. The zero-order chi connectivity index (χ0) is 8.81. The summed E-state index contributed by atoms with van der Waals surface area (Å²) in [6.45, 7) is 0.328. The predicted molar refractivity (Wildman–Crippen MR) is 43.9 cm³/mol. The van der Waals surface area contributed by atoms with Crippen LogP contribution in [0.3, 0.4) is 0 Å². The number of ether oxygens (including phenoxy) is 1. The number of benzene rings is 1. The van der Waals surface area contributed by atoms with Gasteiger partial charge in [0, 0.05) is 6.42 Å². The van der Waals surface area contributed by atoms with Crippen LogP contribution in [0.4, 0.5) is 0 Å². The first-order chi connectivity index (χ1) is 5.83. The summed E-state index contributed by atoms with van der Waals surface area (Å²) in [4.78, 5) is 9.80. The van der Waals surface area contributed by atoms with Crippen molar-refractivity contribution in [2.45, 2.75) is 6.42 Å². The van der Waals surface area contributed by atoms with Gasteiger partial charge in [-0.1, -0.05) is 0 Å². The zero-order valence-electron chi connectivity index (χ0n) is 6.49. The van der Waals surface area contributed by atoms with Crippen molar-refractivity contribution in [1.82, 2.24) is 0 Å². The smallest absolute Gasteiger partial charge is 0.201 e. The van der Waals surface area contributed by atoms with Gasteiger partial charge in [0.15, 0.2) is 0 Å². The molecule has 1 aromatic rings. The molecule has 0 saturated carbocycles. The van der Waals surface area contributed by atoms with E-state index >= 15 is 0 Å². The Bertz CT molecular complexity index is 240. The fraction of sp³-hybridized carbons (Fsp3) is 0.222. The molecule has 0 fully saturated rings. The van der Waals surface area contributed by atoms with Gasteiger partial charge in [-0.25, -0.2) is 0 Å². The first kappa shape index (κ1) is 8.59. The molecular formula is C9H9O3. The molecule has 12 heavy (non-hydrogen) atoms. The fourth-order valence-electron chi connectivity index (χ4n) is 0.753. The van der Waals surface area contributed by atoms with E-state index in [1.165, 1.54) is 12.1 Å². The van der Waals surface area contributed by atoms with Gasteiger partial charge in [0.2, 0.25) is 6.29 Å². The Labute approximate surface area is 70.6 Å². The number of aromatic hydroxyl groups is 1. The van der Waals surface area contributed by atoms with Crippen molar-refractivity contribution in [3.05, 3.63) is 24.3 Å². The van der Waals surface area contributed by atoms with Crippen molar-refractivity contribution in [3.63, 3.8) is 0 Å². The van der Waals surface area contributed by atoms with Crippen LogP contribution in [0.25, 0.3) is 0 Å². The molecule has 0 aromatic heterocycles. The van der Waals surface area contributed by atoms with Crippen LogP contribution in [0.1, 0.15) is 6.42 Å². The van der Waals surface area contributed by atoms with Crippen molar-refractivity contribution in [2.24, 2.45) is 0 Å². The number of rotatable bonds is 4. The van der Waals surface area contributed by atoms with E-state index in [1.54, 1.807) is 18.4 Å². The molecule has 0 aliphatic rings. The van der Waals surface area contributed by atoms with Crippen LogP contribution in [0.5, 0.6) is 11.5 Å². The van der Waals surface area contributed by atoms with Gasteiger partial charge in [-0.2, -0.15) is 0 Å². The average Bonchev–Trinajstić information content (AvgIpc) is 2.09. The molecule has 0 aliphatic heterocycles. The lowest BCUT2D eigenvalue weighted by atomic mass is 10.3. The highest BCUT2D eigenvalue weighted by molar-refractivity contribution is 5.50. The van der Waals surface area contributed by atoms with E-state index in [1.807, 2.05) is 0 Å². The summed E-state index contributed by atoms with van der Waals surface area (Å²) in [6, 6.07) is 6.33. The number of phenolic OH excluding ortho intramolecular Hbond substituents is 1. The third kappa shape index (κ3) is 2.62. The Morgan fingerprint density at radius 1 is 1.33 bits per heavy atom. The van der Waals surface area contributed by atoms with E-state index in [2.05, 4.69) is 0 Å². The second-order valence-electron chi connectivity index (χ2n) is 2.24. The molecule has 0 aliphatic carbocycles. The second-order valence-corrected chi connectivity index (χ2v) is 2.24. The topological polar surface area (TPSA) is 46.5 Å². The minimum atomic E-state index is 0.198. The molecule has 0 atom stereocenters. The lowest BCUT2D eigenvalue weighted by Gasteiger charge is -2.02. The van der Waals surface area contributed by atoms with Gasteiger partial charge in [-0.3, -0.25) is 4.79 Å². The van der Waals surface area contributed by atoms with E-state index < -0.39 is 0 Å². The molecule has 63 valence electrons. The Balaban J connectivity index is 2.42. The third-order valence-electron chi connectivity index (χ3n) is 1.31. The Hall–Kier alpha value is -1.51. The third-order valence-corrected chi connectivity index (χ3v) is 1.31. The van der Waals surface area contributed by atoms with E-state index in [4.69, 9.17) is 9.84 Å². The predicted octanol–water partition coefficient (Wildman–Crippen LogP) is 1.27. The van der Waals surface area contributed by atoms with Crippen LogP contribution in [-0.2, 0) is 4.79 Å². The molecule has 3 heteroatoms. The molecule has 0 spiro atoms. The largest absolute Gasteiger partial charge is 0.508 e. The van der Waals surface area contributed by atoms with Gasteiger partial charge in [-0.05, 0) is 24.3 Å². The molecule has 1 radical (unpaired) electrons. The summed E-state index contributed by atoms with van der Waals surface area (Å²) in [5.41, 5.74) is 0. The van der Waals surface area contributed by atoms with Gasteiger partial charge in [0.05, 0.1) is 6.61 Å². The van der Waals surface area contributed by atoms with E-state index in [0.717, 1.165) is 0 Å². The lowest BCUT2D eigenvalue weighted by molar-refractivity contribution is 0.326. The van der Waals surface area contributed by atoms with Crippen molar-refractivity contribution in [3.8, 4) is 11.5 Å². The molecule has 3 nitrogen and oxygen atoms in total. The second kappa shape index (κ2) is 4.38. The number of phenols is 1. The van der Waals surface area contributed by atoms with Crippen molar-refractivity contribution < 1.29 is 14.6 Å². The monoisotopic (exact) mass is 165 g/mol. The van der Waals surface area contributed by atoms with Crippen molar-refractivity contribution in [2.75, 3.05) is 6.61 Å². The highest BCUT2D eigenvalue weighted by atomic mass is 16.5. The lowest BCUT2D eigenvalue weighted by Crippen LogP contribution is -1.96. The molecular weight excluding hydrogens is 156 g/mol. The van der Waals surface area contributed by atoms with E-state index in [0.29, 0.717) is 12.4 Å². The minimum Gasteiger partial charge on any atom is -0.508 e. The number of hydrogen-bond acceptors (Lipinski definition) is 3. The summed E-state index contributed by atoms with van der Waals surface area (Å²) < 4.78 is 5.13. The molecule has 1 aromatic carbocycles. The van der Waals surface area contributed by atoms with Crippen LogP contribution in [0.15, 0.2) is 24.3 Å². The van der Waals surface area contributed by atoms with Gasteiger partial charge < -0.3 is 9.84 Å². The van der Waals surface area contributed by atoms with Crippen molar-refractivity contribution >= 4 is 6.29 Å². The van der Waals surface area contributed by atoms with E-state index in [-0.39, 0.29) is 12.2 Å². The van der Waals surface area contributed by atoms with Gasteiger partial charge >= 0.3 is 0 Å². The molecule has 0 bridgehead atoms. The summed E-state index contributed by atoms with van der Waals surface area (Å²) in [7, 11) is 0. The number of carbonyl (C=O) groups excluding carboxylic acids is 1. The molecule has 1 rings (SSSR count). The summed E-state index contributed by atoms with van der Waals surface area (Å²) in [5, 5.41) is 8.91. The van der Waals surface area contributed by atoms with Gasteiger partial charge in [0.25, 0.3) is 0 Å². The van der Waals surface area contributed by atoms with Crippen LogP contribution < -0.4 is 4.74 Å². The fourth-order valence-corrected chi connectivity index (χ4v) is 0.753. The average molecular weight is 165 g/mol. The maximum absolute atomic E-state index is 9.80. The Kier molecular flexibility index (Phi) is 3.14. The Morgan fingerprint density at radius 2 is 2.00 bits per heavy atom. The van der Waals surface area contributed by atoms with Crippen LogP contribution >= 0.6 is 0 Å². The minimum absolute atomic E-state index is 0.198. The first-order valence-corrected chi connectivity index (χ1v) is 3.60. The summed E-state index contributed by atoms with van der Waals surface area (Å²) in [5.74, 6) is 0.840. The maximum Gasteiger partial charge on any atom is 0.201 e. The SMILES string of the molecule is O=[C]CCOc1ccc(O)cc1. The molecule has 0 unspecified atom stereocenters. The van der Waals surface area contributed by atoms with E-state index in [9.17, 15) is 4.79 Å². The highest BCUT2D eigenvalue weighted by Gasteiger charge is 1.92. The summed E-state index contributed by atoms with van der Waals surface area (Å²) in [6.07, 6.45) is 1.99. The molecule has 0 heterocycles. The summed E-state index contributed by atoms with van der Waals surface area (Å²) >= 11 is 0. The zero-order valence-corrected chi connectivity index (χ0v) is 6.49. The van der Waals surface area contributed by atoms with Crippen molar-refractivity contribution in [1.29, 1.82) is 0 Å². The molecule has 0 amide bonds. The normalized spacial score (nSPS) is 9.33. The van der Waals surface area contributed by atoms with Crippen LogP contribution in [-0.4, -0.2) is 18.0 Å². The van der Waals surface area contributed by atoms with Crippen LogP contribution in [0, 0.1) is 0 Å². The number of hydrogen-bond donors (Lipinski definition) is 1. The standard InChI is InChI=1S/C9H9O3/c10-6-1-7-12-9-4-2-8(11)3-5-9/h2-5,11H,1,7H2.